The Balaban J connectivity index is 2.34. The van der Waals surface area contributed by atoms with Crippen LogP contribution in [0.15, 0.2) is 48.8 Å². The van der Waals surface area contributed by atoms with Crippen LogP contribution in [-0.4, -0.2) is 18.2 Å². The number of alkyl carbamates (subject to hydrolysis) is 1. The summed E-state index contributed by atoms with van der Waals surface area (Å²) in [6.07, 6.45) is 11.5. The van der Waals surface area contributed by atoms with Crippen LogP contribution in [0.2, 0.25) is 0 Å². The molecule has 4 nitrogen and oxygen atoms in total. The standard InChI is InChI=1S/C13H14N2O2/c1-17-12(16)15-13(7-3-2-4-8-13)11-5-9-14-10-6-11/h2-7,9-10H,8H2,1H3,(H,15,16). The minimum Gasteiger partial charge on any atom is -0.453 e. The first-order valence-electron chi connectivity index (χ1n) is 5.38. The summed E-state index contributed by atoms with van der Waals surface area (Å²) in [7, 11) is 1.36. The molecule has 0 aliphatic heterocycles. The second kappa shape index (κ2) is 4.82. The van der Waals surface area contributed by atoms with Gasteiger partial charge in [-0.3, -0.25) is 4.98 Å². The smallest absolute Gasteiger partial charge is 0.407 e. The van der Waals surface area contributed by atoms with Crippen LogP contribution in [0.1, 0.15) is 12.0 Å². The zero-order valence-electron chi connectivity index (χ0n) is 9.59. The third kappa shape index (κ3) is 2.36. The summed E-state index contributed by atoms with van der Waals surface area (Å²) in [5.41, 5.74) is 0.448. The SMILES string of the molecule is COC(=O)NC1(c2ccncc2)C=CC=CC1. The predicted octanol–water partition coefficient (Wildman–Crippen LogP) is 2.15. The fourth-order valence-electron chi connectivity index (χ4n) is 1.88. The van der Waals surface area contributed by atoms with E-state index in [9.17, 15) is 4.79 Å². The topological polar surface area (TPSA) is 51.2 Å². The van der Waals surface area contributed by atoms with Crippen LogP contribution in [-0.2, 0) is 10.3 Å². The number of carbonyl (C=O) groups excluding carboxylic acids is 1. The summed E-state index contributed by atoms with van der Waals surface area (Å²) in [6.45, 7) is 0. The number of amides is 1. The molecule has 0 radical (unpaired) electrons. The molecule has 1 N–H and O–H groups in total. The summed E-state index contributed by atoms with van der Waals surface area (Å²) in [6, 6.07) is 3.78. The van der Waals surface area contributed by atoms with Crippen LogP contribution in [0.4, 0.5) is 4.79 Å². The zero-order chi connectivity index (χ0) is 12.1. The molecule has 1 heterocycles. The average molecular weight is 230 g/mol. The minimum atomic E-state index is -0.537. The molecule has 0 bridgehead atoms. The van der Waals surface area contributed by atoms with E-state index in [1.165, 1.54) is 7.11 Å². The molecule has 1 aliphatic carbocycles. The molecule has 2 rings (SSSR count). The third-order valence-corrected chi connectivity index (χ3v) is 2.77. The zero-order valence-corrected chi connectivity index (χ0v) is 9.59. The first-order chi connectivity index (χ1) is 8.27. The van der Waals surface area contributed by atoms with E-state index in [4.69, 9.17) is 0 Å². The highest BCUT2D eigenvalue weighted by molar-refractivity contribution is 5.69. The lowest BCUT2D eigenvalue weighted by Gasteiger charge is -2.32. The van der Waals surface area contributed by atoms with Crippen molar-refractivity contribution in [3.8, 4) is 0 Å². The van der Waals surface area contributed by atoms with Gasteiger partial charge in [-0.2, -0.15) is 0 Å². The Morgan fingerprint density at radius 2 is 2.18 bits per heavy atom. The van der Waals surface area contributed by atoms with Crippen molar-refractivity contribution in [2.75, 3.05) is 7.11 Å². The van der Waals surface area contributed by atoms with Crippen LogP contribution in [0.5, 0.6) is 0 Å². The van der Waals surface area contributed by atoms with Crippen molar-refractivity contribution < 1.29 is 9.53 Å². The van der Waals surface area contributed by atoms with Gasteiger partial charge in [0.2, 0.25) is 0 Å². The van der Waals surface area contributed by atoms with E-state index in [0.29, 0.717) is 6.42 Å². The van der Waals surface area contributed by atoms with E-state index in [2.05, 4.69) is 15.0 Å². The van der Waals surface area contributed by atoms with Crippen molar-refractivity contribution in [2.45, 2.75) is 12.0 Å². The maximum Gasteiger partial charge on any atom is 0.407 e. The van der Waals surface area contributed by atoms with Gasteiger partial charge in [0.05, 0.1) is 12.6 Å². The Morgan fingerprint density at radius 1 is 1.41 bits per heavy atom. The van der Waals surface area contributed by atoms with Crippen LogP contribution in [0.3, 0.4) is 0 Å². The van der Waals surface area contributed by atoms with Crippen LogP contribution >= 0.6 is 0 Å². The molecule has 1 aromatic heterocycles. The molecule has 1 aromatic rings. The van der Waals surface area contributed by atoms with Gasteiger partial charge in [-0.05, 0) is 24.1 Å². The molecule has 0 spiro atoms. The molecular weight excluding hydrogens is 216 g/mol. The normalized spacial score (nSPS) is 22.2. The number of hydrogen-bond acceptors (Lipinski definition) is 3. The van der Waals surface area contributed by atoms with E-state index in [1.54, 1.807) is 12.4 Å². The van der Waals surface area contributed by atoms with Gasteiger partial charge in [0, 0.05) is 12.4 Å². The van der Waals surface area contributed by atoms with E-state index >= 15 is 0 Å². The second-order valence-corrected chi connectivity index (χ2v) is 3.82. The Labute approximate surface area is 100 Å². The fourth-order valence-corrected chi connectivity index (χ4v) is 1.88. The average Bonchev–Trinajstić information content (AvgIpc) is 2.40. The van der Waals surface area contributed by atoms with Crippen LogP contribution < -0.4 is 5.32 Å². The van der Waals surface area contributed by atoms with Gasteiger partial charge < -0.3 is 10.1 Å². The largest absolute Gasteiger partial charge is 0.453 e. The van der Waals surface area contributed by atoms with E-state index < -0.39 is 11.6 Å². The number of carbonyl (C=O) groups is 1. The highest BCUT2D eigenvalue weighted by Crippen LogP contribution is 2.29. The number of hydrogen-bond donors (Lipinski definition) is 1. The lowest BCUT2D eigenvalue weighted by molar-refractivity contribution is 0.160. The van der Waals surface area contributed by atoms with Crippen LogP contribution in [0, 0.1) is 0 Å². The molecule has 0 saturated heterocycles. The predicted molar refractivity (Wildman–Crippen MR) is 64.4 cm³/mol. The summed E-state index contributed by atoms with van der Waals surface area (Å²) in [5, 5.41) is 2.87. The lowest BCUT2D eigenvalue weighted by atomic mass is 9.84. The molecular formula is C13H14N2O2. The molecule has 0 aromatic carbocycles. The van der Waals surface area contributed by atoms with Crippen LogP contribution in [0.25, 0.3) is 0 Å². The number of rotatable bonds is 2. The van der Waals surface area contributed by atoms with E-state index in [-0.39, 0.29) is 0 Å². The molecule has 1 unspecified atom stereocenters. The molecule has 0 saturated carbocycles. The maximum absolute atomic E-state index is 11.5. The summed E-state index contributed by atoms with van der Waals surface area (Å²) < 4.78 is 4.68. The van der Waals surface area contributed by atoms with Crippen molar-refractivity contribution in [2.24, 2.45) is 0 Å². The molecule has 4 heteroatoms. The minimum absolute atomic E-state index is 0.443. The Kier molecular flexibility index (Phi) is 3.23. The lowest BCUT2D eigenvalue weighted by Crippen LogP contribution is -2.44. The van der Waals surface area contributed by atoms with Crippen molar-refractivity contribution in [1.29, 1.82) is 0 Å². The highest BCUT2D eigenvalue weighted by Gasteiger charge is 2.31. The number of allylic oxidation sites excluding steroid dienone is 2. The quantitative estimate of drug-likeness (QED) is 0.846. The molecule has 0 fully saturated rings. The van der Waals surface area contributed by atoms with Gasteiger partial charge in [-0.1, -0.05) is 24.3 Å². The van der Waals surface area contributed by atoms with E-state index in [0.717, 1.165) is 5.56 Å². The number of aromatic nitrogens is 1. The third-order valence-electron chi connectivity index (χ3n) is 2.77. The van der Waals surface area contributed by atoms with Gasteiger partial charge in [0.25, 0.3) is 0 Å². The molecule has 1 amide bonds. The van der Waals surface area contributed by atoms with Gasteiger partial charge in [0.15, 0.2) is 0 Å². The number of ether oxygens (including phenoxy) is 1. The molecule has 1 aliphatic rings. The summed E-state index contributed by atoms with van der Waals surface area (Å²) in [5.74, 6) is 0. The number of nitrogens with zero attached hydrogens (tertiary/aromatic N) is 1. The molecule has 17 heavy (non-hydrogen) atoms. The Hall–Kier alpha value is -2.10. The van der Waals surface area contributed by atoms with Gasteiger partial charge >= 0.3 is 6.09 Å². The van der Waals surface area contributed by atoms with Crippen molar-refractivity contribution in [3.63, 3.8) is 0 Å². The first kappa shape index (κ1) is 11.4. The number of nitrogens with one attached hydrogen (secondary N) is 1. The monoisotopic (exact) mass is 230 g/mol. The summed E-state index contributed by atoms with van der Waals surface area (Å²) >= 11 is 0. The number of methoxy groups -OCH3 is 1. The molecule has 88 valence electrons. The Morgan fingerprint density at radius 3 is 2.76 bits per heavy atom. The van der Waals surface area contributed by atoms with Crippen molar-refractivity contribution in [1.82, 2.24) is 10.3 Å². The first-order valence-corrected chi connectivity index (χ1v) is 5.38. The second-order valence-electron chi connectivity index (χ2n) is 3.82. The van der Waals surface area contributed by atoms with Crippen molar-refractivity contribution >= 4 is 6.09 Å². The fraction of sp³-hybridized carbons (Fsp3) is 0.231. The van der Waals surface area contributed by atoms with Gasteiger partial charge in [-0.25, -0.2) is 4.79 Å². The maximum atomic E-state index is 11.5. The molecule has 1 atom stereocenters. The summed E-state index contributed by atoms with van der Waals surface area (Å²) in [4.78, 5) is 15.4. The van der Waals surface area contributed by atoms with Crippen molar-refractivity contribution in [3.05, 3.63) is 54.4 Å². The van der Waals surface area contributed by atoms with E-state index in [1.807, 2.05) is 36.4 Å². The van der Waals surface area contributed by atoms with Gasteiger partial charge in [-0.15, -0.1) is 0 Å². The Bertz CT molecular complexity index is 454. The van der Waals surface area contributed by atoms with Gasteiger partial charge in [0.1, 0.15) is 0 Å². The highest BCUT2D eigenvalue weighted by atomic mass is 16.5. The number of pyridine rings is 1.